The van der Waals surface area contributed by atoms with Gasteiger partial charge in [-0.15, -0.1) is 0 Å². The smallest absolute Gasteiger partial charge is 0.252 e. The van der Waals surface area contributed by atoms with Crippen molar-refractivity contribution in [2.45, 2.75) is 6.42 Å². The van der Waals surface area contributed by atoms with E-state index in [-0.39, 0.29) is 12.5 Å². The number of halogens is 1. The van der Waals surface area contributed by atoms with Gasteiger partial charge in [0.25, 0.3) is 5.91 Å². The van der Waals surface area contributed by atoms with Gasteiger partial charge in [-0.2, -0.15) is 0 Å². The number of amides is 1. The van der Waals surface area contributed by atoms with Gasteiger partial charge in [0.1, 0.15) is 0 Å². The van der Waals surface area contributed by atoms with E-state index in [2.05, 4.69) is 26.2 Å². The zero-order valence-corrected chi connectivity index (χ0v) is 9.12. The monoisotopic (exact) mass is 258 g/mol. The standard InChI is InChI=1S/C9H11BrN2O2/c10-8-4-7(5-11-6-8)9(14)12-2-1-3-13/h4-6,13H,1-3H2,(H,12,14). The van der Waals surface area contributed by atoms with E-state index in [0.29, 0.717) is 18.5 Å². The Morgan fingerprint density at radius 3 is 3.00 bits per heavy atom. The maximum absolute atomic E-state index is 11.4. The second-order valence-electron chi connectivity index (χ2n) is 2.72. The van der Waals surface area contributed by atoms with Crippen LogP contribution in [0.2, 0.25) is 0 Å². The third-order valence-electron chi connectivity index (χ3n) is 1.59. The maximum Gasteiger partial charge on any atom is 0.252 e. The maximum atomic E-state index is 11.4. The summed E-state index contributed by atoms with van der Waals surface area (Å²) in [5, 5.41) is 11.2. The summed E-state index contributed by atoms with van der Waals surface area (Å²) in [7, 11) is 0. The van der Waals surface area contributed by atoms with E-state index in [1.165, 1.54) is 6.20 Å². The number of aliphatic hydroxyl groups excluding tert-OH is 1. The Hall–Kier alpha value is -0.940. The quantitative estimate of drug-likeness (QED) is 0.791. The lowest BCUT2D eigenvalue weighted by atomic mass is 10.2. The minimum Gasteiger partial charge on any atom is -0.396 e. The number of aromatic nitrogens is 1. The zero-order chi connectivity index (χ0) is 10.4. The Morgan fingerprint density at radius 1 is 1.57 bits per heavy atom. The number of pyridine rings is 1. The number of aliphatic hydroxyl groups is 1. The summed E-state index contributed by atoms with van der Waals surface area (Å²) in [6, 6.07) is 1.70. The first-order valence-corrected chi connectivity index (χ1v) is 5.03. The van der Waals surface area contributed by atoms with Crippen molar-refractivity contribution in [3.8, 4) is 0 Å². The number of carbonyl (C=O) groups is 1. The molecule has 4 nitrogen and oxygen atoms in total. The van der Waals surface area contributed by atoms with Crippen LogP contribution in [0.1, 0.15) is 16.8 Å². The summed E-state index contributed by atoms with van der Waals surface area (Å²) >= 11 is 3.23. The van der Waals surface area contributed by atoms with Gasteiger partial charge in [-0.1, -0.05) is 0 Å². The molecule has 0 aliphatic carbocycles. The molecule has 0 fully saturated rings. The van der Waals surface area contributed by atoms with Gasteiger partial charge in [0.15, 0.2) is 0 Å². The molecule has 1 aromatic rings. The molecule has 14 heavy (non-hydrogen) atoms. The number of rotatable bonds is 4. The lowest BCUT2D eigenvalue weighted by Gasteiger charge is -2.03. The first-order chi connectivity index (χ1) is 6.74. The van der Waals surface area contributed by atoms with E-state index in [9.17, 15) is 4.79 Å². The molecule has 0 aliphatic rings. The summed E-state index contributed by atoms with van der Waals surface area (Å²) in [5.41, 5.74) is 0.511. The molecule has 1 rings (SSSR count). The minimum absolute atomic E-state index is 0.0804. The highest BCUT2D eigenvalue weighted by Gasteiger charge is 2.04. The summed E-state index contributed by atoms with van der Waals surface area (Å²) < 4.78 is 0.771. The molecule has 76 valence electrons. The Bertz CT molecular complexity index is 317. The summed E-state index contributed by atoms with van der Waals surface area (Å²) in [6.45, 7) is 0.554. The fraction of sp³-hybridized carbons (Fsp3) is 0.333. The molecule has 0 aromatic carbocycles. The fourth-order valence-electron chi connectivity index (χ4n) is 0.919. The molecule has 5 heteroatoms. The number of nitrogens with zero attached hydrogens (tertiary/aromatic N) is 1. The Balaban J connectivity index is 2.52. The van der Waals surface area contributed by atoms with Gasteiger partial charge >= 0.3 is 0 Å². The highest BCUT2D eigenvalue weighted by atomic mass is 79.9. The van der Waals surface area contributed by atoms with Crippen LogP contribution >= 0.6 is 15.9 Å². The first kappa shape index (κ1) is 11.1. The molecule has 2 N–H and O–H groups in total. The van der Waals surface area contributed by atoms with Gasteiger partial charge in [0.05, 0.1) is 5.56 Å². The molecule has 0 radical (unpaired) electrons. The van der Waals surface area contributed by atoms with E-state index >= 15 is 0 Å². The molecular weight excluding hydrogens is 248 g/mol. The van der Waals surface area contributed by atoms with Crippen molar-refractivity contribution in [1.29, 1.82) is 0 Å². The van der Waals surface area contributed by atoms with Gasteiger partial charge in [0, 0.05) is 30.0 Å². The Kier molecular flexibility index (Phi) is 4.55. The third-order valence-corrected chi connectivity index (χ3v) is 2.02. The number of hydrogen-bond acceptors (Lipinski definition) is 3. The summed E-state index contributed by atoms with van der Waals surface area (Å²) in [5.74, 6) is -0.174. The van der Waals surface area contributed by atoms with Gasteiger partial charge in [-0.3, -0.25) is 9.78 Å². The van der Waals surface area contributed by atoms with E-state index < -0.39 is 0 Å². The van der Waals surface area contributed by atoms with E-state index in [1.54, 1.807) is 12.3 Å². The van der Waals surface area contributed by atoms with Crippen LogP contribution in [0.4, 0.5) is 0 Å². The van der Waals surface area contributed by atoms with E-state index in [4.69, 9.17) is 5.11 Å². The highest BCUT2D eigenvalue weighted by Crippen LogP contribution is 2.09. The molecule has 1 aromatic heterocycles. The Labute approximate surface area is 90.5 Å². The average Bonchev–Trinajstić information content (AvgIpc) is 2.18. The largest absolute Gasteiger partial charge is 0.396 e. The Morgan fingerprint density at radius 2 is 2.36 bits per heavy atom. The lowest BCUT2D eigenvalue weighted by molar-refractivity contribution is 0.0950. The summed E-state index contributed by atoms with van der Waals surface area (Å²) in [6.07, 6.45) is 3.68. The highest BCUT2D eigenvalue weighted by molar-refractivity contribution is 9.10. The second-order valence-corrected chi connectivity index (χ2v) is 3.64. The van der Waals surface area contributed by atoms with Crippen molar-refractivity contribution in [2.75, 3.05) is 13.2 Å². The van der Waals surface area contributed by atoms with Crippen LogP contribution in [-0.4, -0.2) is 29.1 Å². The minimum atomic E-state index is -0.174. The molecule has 0 spiro atoms. The molecule has 1 amide bonds. The van der Waals surface area contributed by atoms with Crippen LogP contribution in [0.25, 0.3) is 0 Å². The van der Waals surface area contributed by atoms with Crippen molar-refractivity contribution in [1.82, 2.24) is 10.3 Å². The molecule has 0 atom stereocenters. The van der Waals surface area contributed by atoms with Crippen LogP contribution < -0.4 is 5.32 Å². The second kappa shape index (κ2) is 5.72. The topological polar surface area (TPSA) is 62.2 Å². The van der Waals surface area contributed by atoms with E-state index in [0.717, 1.165) is 4.47 Å². The van der Waals surface area contributed by atoms with Crippen molar-refractivity contribution >= 4 is 21.8 Å². The van der Waals surface area contributed by atoms with Crippen molar-refractivity contribution < 1.29 is 9.90 Å². The number of nitrogens with one attached hydrogen (secondary N) is 1. The van der Waals surface area contributed by atoms with Crippen LogP contribution in [0.5, 0.6) is 0 Å². The normalized spacial score (nSPS) is 9.86. The molecule has 0 unspecified atom stereocenters. The average molecular weight is 259 g/mol. The van der Waals surface area contributed by atoms with Crippen LogP contribution in [0.15, 0.2) is 22.9 Å². The molecular formula is C9H11BrN2O2. The number of hydrogen-bond donors (Lipinski definition) is 2. The van der Waals surface area contributed by atoms with Crippen LogP contribution in [0.3, 0.4) is 0 Å². The predicted molar refractivity (Wildman–Crippen MR) is 56.0 cm³/mol. The first-order valence-electron chi connectivity index (χ1n) is 4.23. The molecule has 0 saturated carbocycles. The van der Waals surface area contributed by atoms with Crippen molar-refractivity contribution in [3.63, 3.8) is 0 Å². The fourth-order valence-corrected chi connectivity index (χ4v) is 1.28. The van der Waals surface area contributed by atoms with E-state index in [1.807, 2.05) is 0 Å². The van der Waals surface area contributed by atoms with Gasteiger partial charge in [-0.05, 0) is 28.4 Å². The van der Waals surface area contributed by atoms with Crippen LogP contribution in [-0.2, 0) is 0 Å². The summed E-state index contributed by atoms with van der Waals surface area (Å²) in [4.78, 5) is 15.3. The zero-order valence-electron chi connectivity index (χ0n) is 7.53. The SMILES string of the molecule is O=C(NCCCO)c1cncc(Br)c1. The van der Waals surface area contributed by atoms with Crippen molar-refractivity contribution in [3.05, 3.63) is 28.5 Å². The van der Waals surface area contributed by atoms with Crippen molar-refractivity contribution in [2.24, 2.45) is 0 Å². The predicted octanol–water partition coefficient (Wildman–Crippen LogP) is 0.956. The van der Waals surface area contributed by atoms with Crippen LogP contribution in [0, 0.1) is 0 Å². The van der Waals surface area contributed by atoms with Gasteiger partial charge < -0.3 is 10.4 Å². The third kappa shape index (κ3) is 3.43. The lowest BCUT2D eigenvalue weighted by Crippen LogP contribution is -2.25. The molecule has 0 bridgehead atoms. The van der Waals surface area contributed by atoms with Gasteiger partial charge in [0.2, 0.25) is 0 Å². The molecule has 0 saturated heterocycles. The molecule has 0 aliphatic heterocycles. The van der Waals surface area contributed by atoms with Gasteiger partial charge in [-0.25, -0.2) is 0 Å². The number of carbonyl (C=O) groups excluding carboxylic acids is 1. The molecule has 1 heterocycles.